The van der Waals surface area contributed by atoms with Crippen LogP contribution in [0.15, 0.2) is 23.3 Å². The summed E-state index contributed by atoms with van der Waals surface area (Å²) in [5.41, 5.74) is 6.14. The van der Waals surface area contributed by atoms with Crippen LogP contribution < -0.4 is 11.3 Å². The van der Waals surface area contributed by atoms with Crippen LogP contribution in [0, 0.1) is 5.92 Å². The predicted molar refractivity (Wildman–Crippen MR) is 99.0 cm³/mol. The Kier molecular flexibility index (Phi) is 7.23. The van der Waals surface area contributed by atoms with Gasteiger partial charge in [-0.15, -0.1) is 0 Å². The Morgan fingerprint density at radius 3 is 2.48 bits per heavy atom. The molecule has 0 fully saturated rings. The van der Waals surface area contributed by atoms with E-state index in [9.17, 15) is 4.79 Å². The summed E-state index contributed by atoms with van der Waals surface area (Å²) in [7, 11) is 0. The third-order valence-corrected chi connectivity index (χ3v) is 4.13. The number of halogens is 1. The summed E-state index contributed by atoms with van der Waals surface area (Å²) in [6.45, 7) is 10.5. The molecular weight excluding hydrogens is 310 g/mol. The van der Waals surface area contributed by atoms with Gasteiger partial charge in [0.25, 0.3) is 5.56 Å². The summed E-state index contributed by atoms with van der Waals surface area (Å²) in [5, 5.41) is 1.60. The number of fused-ring (bicyclic) bond motifs is 1. The fraction of sp³-hybridized carbons (Fsp3) is 0.556. The van der Waals surface area contributed by atoms with E-state index < -0.39 is 5.54 Å². The molecule has 5 heteroatoms. The number of aromatic amines is 1. The number of nitrogens with two attached hydrogens (primary N) is 1. The van der Waals surface area contributed by atoms with E-state index in [0.717, 1.165) is 16.9 Å². The Balaban J connectivity index is 0.000000322. The van der Waals surface area contributed by atoms with E-state index in [2.05, 4.69) is 30.7 Å². The van der Waals surface area contributed by atoms with E-state index in [1.165, 1.54) is 25.5 Å². The van der Waals surface area contributed by atoms with E-state index in [-0.39, 0.29) is 5.56 Å². The largest absolute Gasteiger partial charge is 0.328 e. The van der Waals surface area contributed by atoms with Gasteiger partial charge in [0.2, 0.25) is 0 Å². The molecule has 0 aliphatic rings. The van der Waals surface area contributed by atoms with Crippen molar-refractivity contribution in [3.63, 3.8) is 0 Å². The van der Waals surface area contributed by atoms with Crippen molar-refractivity contribution in [2.75, 3.05) is 0 Å². The van der Waals surface area contributed by atoms with E-state index in [4.69, 9.17) is 17.3 Å². The van der Waals surface area contributed by atoms with Crippen molar-refractivity contribution in [3.8, 4) is 0 Å². The number of H-pyrrole nitrogens is 1. The Morgan fingerprint density at radius 1 is 1.35 bits per heavy atom. The Labute approximate surface area is 143 Å². The van der Waals surface area contributed by atoms with Crippen molar-refractivity contribution in [2.45, 2.75) is 59.4 Å². The molecule has 0 amide bonds. The fourth-order valence-electron chi connectivity index (χ4n) is 2.36. The van der Waals surface area contributed by atoms with Crippen molar-refractivity contribution < 1.29 is 0 Å². The lowest BCUT2D eigenvalue weighted by atomic mass is 9.93. The lowest BCUT2D eigenvalue weighted by Crippen LogP contribution is -2.30. The molecule has 3 N–H and O–H groups in total. The summed E-state index contributed by atoms with van der Waals surface area (Å²) in [6.07, 6.45) is 7.17. The highest BCUT2D eigenvalue weighted by Crippen LogP contribution is 2.25. The number of hydrogen-bond acceptors (Lipinski definition) is 3. The molecule has 1 atom stereocenters. The summed E-state index contributed by atoms with van der Waals surface area (Å²) in [5.74, 6) is 0.949. The van der Waals surface area contributed by atoms with Crippen LogP contribution in [0.1, 0.15) is 59.4 Å². The molecule has 0 aliphatic heterocycles. The maximum absolute atomic E-state index is 11.6. The molecule has 0 spiro atoms. The minimum absolute atomic E-state index is 0.188. The van der Waals surface area contributed by atoms with Gasteiger partial charge in [0, 0.05) is 17.9 Å². The van der Waals surface area contributed by atoms with Crippen molar-refractivity contribution in [3.05, 3.63) is 39.5 Å². The molecule has 2 rings (SSSR count). The van der Waals surface area contributed by atoms with Crippen molar-refractivity contribution in [1.29, 1.82) is 0 Å². The van der Waals surface area contributed by atoms with Crippen LogP contribution in [-0.2, 0) is 5.54 Å². The number of pyridine rings is 2. The molecule has 0 aliphatic carbocycles. The lowest BCUT2D eigenvalue weighted by Gasteiger charge is -2.20. The molecule has 0 bridgehead atoms. The van der Waals surface area contributed by atoms with E-state index >= 15 is 0 Å². The van der Waals surface area contributed by atoms with Gasteiger partial charge in [0.05, 0.1) is 5.39 Å². The van der Waals surface area contributed by atoms with Gasteiger partial charge in [0.15, 0.2) is 0 Å². The molecule has 2 aromatic rings. The zero-order chi connectivity index (χ0) is 17.6. The third-order valence-electron chi connectivity index (χ3n) is 3.93. The molecule has 1 unspecified atom stereocenters. The van der Waals surface area contributed by atoms with E-state index in [0.29, 0.717) is 10.5 Å². The molecule has 4 nitrogen and oxygen atoms in total. The first-order valence-electron chi connectivity index (χ1n) is 8.17. The normalized spacial score (nSPS) is 12.7. The fourth-order valence-corrected chi connectivity index (χ4v) is 2.51. The standard InChI is InChI=1S/C11H12ClN3O.C7H16/c1-11(2,13)8-5-15-10(16)7-4-14-9(12)3-6(7)8;1-4-6-7(3)5-2/h3-5H,13H2,1-2H3,(H,15,16);7H,4-6H2,1-3H3. The van der Waals surface area contributed by atoms with Crippen LogP contribution >= 0.6 is 11.6 Å². The molecule has 23 heavy (non-hydrogen) atoms. The number of nitrogens with zero attached hydrogens (tertiary/aromatic N) is 1. The van der Waals surface area contributed by atoms with Crippen LogP contribution in [0.25, 0.3) is 10.8 Å². The number of nitrogens with one attached hydrogen (secondary N) is 1. The topological polar surface area (TPSA) is 71.8 Å². The van der Waals surface area contributed by atoms with Crippen LogP contribution in [0.5, 0.6) is 0 Å². The SMILES string of the molecule is CC(C)(N)c1c[nH]c(=O)c2cnc(Cl)cc12.CCCC(C)CC. The van der Waals surface area contributed by atoms with Gasteiger partial charge in [-0.3, -0.25) is 4.79 Å². The van der Waals surface area contributed by atoms with Gasteiger partial charge < -0.3 is 10.7 Å². The van der Waals surface area contributed by atoms with Gasteiger partial charge in [-0.05, 0) is 36.8 Å². The average Bonchev–Trinajstić information content (AvgIpc) is 2.47. The minimum atomic E-state index is -0.548. The van der Waals surface area contributed by atoms with Crippen LogP contribution in [0.3, 0.4) is 0 Å². The first-order chi connectivity index (χ1) is 10.7. The van der Waals surface area contributed by atoms with Crippen molar-refractivity contribution in [2.24, 2.45) is 11.7 Å². The van der Waals surface area contributed by atoms with Crippen molar-refractivity contribution in [1.82, 2.24) is 9.97 Å². The van der Waals surface area contributed by atoms with Gasteiger partial charge in [0.1, 0.15) is 5.15 Å². The summed E-state index contributed by atoms with van der Waals surface area (Å²) >= 11 is 5.83. The minimum Gasteiger partial charge on any atom is -0.328 e. The third kappa shape index (κ3) is 5.63. The second-order valence-corrected chi connectivity index (χ2v) is 7.00. The smallest absolute Gasteiger partial charge is 0.257 e. The van der Waals surface area contributed by atoms with E-state index in [1.54, 1.807) is 12.3 Å². The molecule has 2 aromatic heterocycles. The highest BCUT2D eigenvalue weighted by atomic mass is 35.5. The highest BCUT2D eigenvalue weighted by Gasteiger charge is 2.18. The van der Waals surface area contributed by atoms with Crippen LogP contribution in [0.2, 0.25) is 5.15 Å². The first kappa shape index (κ1) is 19.7. The number of aromatic nitrogens is 2. The Bertz CT molecular complexity index is 689. The average molecular weight is 338 g/mol. The monoisotopic (exact) mass is 337 g/mol. The summed E-state index contributed by atoms with van der Waals surface area (Å²) in [4.78, 5) is 18.1. The Hall–Kier alpha value is -1.39. The lowest BCUT2D eigenvalue weighted by molar-refractivity contribution is 0.509. The maximum Gasteiger partial charge on any atom is 0.257 e. The molecule has 2 heterocycles. The second kappa shape index (κ2) is 8.46. The van der Waals surface area contributed by atoms with Crippen LogP contribution in [-0.4, -0.2) is 9.97 Å². The zero-order valence-electron chi connectivity index (χ0n) is 14.7. The molecular formula is C18H28ClN3O. The second-order valence-electron chi connectivity index (χ2n) is 6.61. The van der Waals surface area contributed by atoms with Gasteiger partial charge in [-0.2, -0.15) is 0 Å². The number of hydrogen-bond donors (Lipinski definition) is 2. The molecule has 0 saturated heterocycles. The first-order valence-corrected chi connectivity index (χ1v) is 8.54. The highest BCUT2D eigenvalue weighted by molar-refractivity contribution is 6.30. The maximum atomic E-state index is 11.6. The number of rotatable bonds is 4. The molecule has 128 valence electrons. The molecule has 0 radical (unpaired) electrons. The van der Waals surface area contributed by atoms with Gasteiger partial charge in [-0.25, -0.2) is 4.98 Å². The molecule has 0 aromatic carbocycles. The Morgan fingerprint density at radius 2 is 2.00 bits per heavy atom. The van der Waals surface area contributed by atoms with Crippen LogP contribution in [0.4, 0.5) is 0 Å². The van der Waals surface area contributed by atoms with Gasteiger partial charge in [-0.1, -0.05) is 51.6 Å². The molecule has 0 saturated carbocycles. The quantitative estimate of drug-likeness (QED) is 0.800. The summed E-state index contributed by atoms with van der Waals surface area (Å²) in [6, 6.07) is 1.66. The van der Waals surface area contributed by atoms with Gasteiger partial charge >= 0.3 is 0 Å². The zero-order valence-corrected chi connectivity index (χ0v) is 15.5. The predicted octanol–water partition coefficient (Wildman–Crippen LogP) is 4.60. The van der Waals surface area contributed by atoms with Crippen molar-refractivity contribution >= 4 is 22.4 Å². The summed E-state index contributed by atoms with van der Waals surface area (Å²) < 4.78 is 0. The van der Waals surface area contributed by atoms with E-state index in [1.807, 2.05) is 13.8 Å².